The second kappa shape index (κ2) is 7.48. The third-order valence-electron chi connectivity index (χ3n) is 3.78. The molecule has 128 valence electrons. The summed E-state index contributed by atoms with van der Waals surface area (Å²) in [5.74, 6) is -0.913. The molecule has 0 spiro atoms. The van der Waals surface area contributed by atoms with Crippen LogP contribution >= 0.6 is 15.9 Å². The van der Waals surface area contributed by atoms with Gasteiger partial charge in [-0.05, 0) is 17.7 Å². The maximum Gasteiger partial charge on any atom is 0.359 e. The molecule has 0 unspecified atom stereocenters. The lowest BCUT2D eigenvalue weighted by Gasteiger charge is -2.17. The zero-order valence-electron chi connectivity index (χ0n) is 13.5. The molecule has 2 aromatic carbocycles. The molecular formula is C18H16BrN3O3. The van der Waals surface area contributed by atoms with Gasteiger partial charge >= 0.3 is 5.97 Å². The Kier molecular flexibility index (Phi) is 5.14. The number of ether oxygens (including phenoxy) is 1. The number of amides is 1. The molecule has 6 nitrogen and oxygen atoms in total. The first kappa shape index (κ1) is 17.2. The van der Waals surface area contributed by atoms with E-state index in [1.54, 1.807) is 13.1 Å². The Morgan fingerprint density at radius 3 is 2.68 bits per heavy atom. The van der Waals surface area contributed by atoms with E-state index in [0.717, 1.165) is 15.6 Å². The number of hydrogen-bond donors (Lipinski definition) is 1. The van der Waals surface area contributed by atoms with E-state index in [9.17, 15) is 9.59 Å². The van der Waals surface area contributed by atoms with E-state index in [0.29, 0.717) is 11.9 Å². The summed E-state index contributed by atoms with van der Waals surface area (Å²) in [4.78, 5) is 25.9. The summed E-state index contributed by atoms with van der Waals surface area (Å²) < 4.78 is 6.05. The fourth-order valence-corrected chi connectivity index (χ4v) is 2.81. The van der Waals surface area contributed by atoms with Crippen LogP contribution in [0, 0.1) is 0 Å². The zero-order chi connectivity index (χ0) is 17.8. The van der Waals surface area contributed by atoms with Gasteiger partial charge in [-0.25, -0.2) is 4.79 Å². The van der Waals surface area contributed by atoms with Crippen LogP contribution < -0.4 is 0 Å². The predicted molar refractivity (Wildman–Crippen MR) is 97.0 cm³/mol. The van der Waals surface area contributed by atoms with Crippen molar-refractivity contribution >= 4 is 38.7 Å². The average Bonchev–Trinajstić information content (AvgIpc) is 3.05. The van der Waals surface area contributed by atoms with Crippen molar-refractivity contribution in [1.29, 1.82) is 0 Å². The molecule has 1 N–H and O–H groups in total. The molecule has 25 heavy (non-hydrogen) atoms. The standard InChI is InChI=1S/C18H16BrN3O3/c1-22(10-12-6-2-4-8-14(12)19)16(23)11-25-18(24)17-13-7-3-5-9-15(13)20-21-17/h2-9H,10-11H2,1H3,(H,20,21). The summed E-state index contributed by atoms with van der Waals surface area (Å²) in [6.07, 6.45) is 0. The molecule has 0 saturated heterocycles. The number of halogens is 1. The molecule has 0 radical (unpaired) electrons. The summed E-state index contributed by atoms with van der Waals surface area (Å²) in [6, 6.07) is 14.9. The van der Waals surface area contributed by atoms with Crippen molar-refractivity contribution in [2.75, 3.05) is 13.7 Å². The average molecular weight is 402 g/mol. The van der Waals surface area contributed by atoms with Gasteiger partial charge in [-0.15, -0.1) is 0 Å². The van der Waals surface area contributed by atoms with Crippen LogP contribution in [0.15, 0.2) is 53.0 Å². The minimum Gasteiger partial charge on any atom is -0.451 e. The molecule has 7 heteroatoms. The lowest BCUT2D eigenvalue weighted by atomic mass is 10.2. The SMILES string of the molecule is CN(Cc1ccccc1Br)C(=O)COC(=O)c1n[nH]c2ccccc12. The Balaban J connectivity index is 1.60. The smallest absolute Gasteiger partial charge is 0.359 e. The van der Waals surface area contributed by atoms with E-state index >= 15 is 0 Å². The van der Waals surface area contributed by atoms with Crippen molar-refractivity contribution in [3.63, 3.8) is 0 Å². The number of H-pyrrole nitrogens is 1. The largest absolute Gasteiger partial charge is 0.451 e. The van der Waals surface area contributed by atoms with Crippen molar-refractivity contribution in [3.05, 3.63) is 64.3 Å². The number of nitrogens with zero attached hydrogens (tertiary/aromatic N) is 2. The molecule has 0 aliphatic carbocycles. The number of carbonyl (C=O) groups is 2. The normalized spacial score (nSPS) is 10.6. The van der Waals surface area contributed by atoms with Gasteiger partial charge in [0, 0.05) is 23.5 Å². The van der Waals surface area contributed by atoms with Crippen LogP contribution in [0.2, 0.25) is 0 Å². The highest BCUT2D eigenvalue weighted by Gasteiger charge is 2.18. The van der Waals surface area contributed by atoms with Crippen LogP contribution in [0.1, 0.15) is 16.1 Å². The number of rotatable bonds is 5. The minimum absolute atomic E-state index is 0.178. The van der Waals surface area contributed by atoms with E-state index in [-0.39, 0.29) is 18.2 Å². The molecule has 0 aliphatic heterocycles. The van der Waals surface area contributed by atoms with E-state index in [1.807, 2.05) is 42.5 Å². The number of fused-ring (bicyclic) bond motifs is 1. The van der Waals surface area contributed by atoms with Crippen LogP contribution in [0.3, 0.4) is 0 Å². The maximum absolute atomic E-state index is 12.2. The lowest BCUT2D eigenvalue weighted by molar-refractivity contribution is -0.133. The first-order valence-electron chi connectivity index (χ1n) is 7.64. The second-order valence-electron chi connectivity index (χ2n) is 5.54. The second-order valence-corrected chi connectivity index (χ2v) is 6.39. The summed E-state index contributed by atoms with van der Waals surface area (Å²) in [6.45, 7) is 0.0874. The molecule has 0 saturated carbocycles. The van der Waals surface area contributed by atoms with Crippen LogP contribution in [0.25, 0.3) is 10.9 Å². The van der Waals surface area contributed by atoms with Crippen molar-refractivity contribution in [3.8, 4) is 0 Å². The molecule has 1 aromatic heterocycles. The summed E-state index contributed by atoms with van der Waals surface area (Å²) in [7, 11) is 1.67. The molecule has 0 atom stereocenters. The molecule has 3 aromatic rings. The van der Waals surface area contributed by atoms with E-state index in [1.165, 1.54) is 4.90 Å². The fraction of sp³-hybridized carbons (Fsp3) is 0.167. The maximum atomic E-state index is 12.2. The van der Waals surface area contributed by atoms with Crippen LogP contribution in [-0.4, -0.2) is 40.6 Å². The zero-order valence-corrected chi connectivity index (χ0v) is 15.1. The van der Waals surface area contributed by atoms with Gasteiger partial charge in [0.15, 0.2) is 12.3 Å². The first-order valence-corrected chi connectivity index (χ1v) is 8.43. The Morgan fingerprint density at radius 1 is 1.16 bits per heavy atom. The third kappa shape index (κ3) is 3.88. The summed E-state index contributed by atoms with van der Waals surface area (Å²) in [5.41, 5.74) is 1.90. The molecule has 1 heterocycles. The van der Waals surface area contributed by atoms with E-state index in [2.05, 4.69) is 26.1 Å². The van der Waals surface area contributed by atoms with Gasteiger partial charge < -0.3 is 9.64 Å². The molecule has 1 amide bonds. The van der Waals surface area contributed by atoms with Crippen LogP contribution in [0.5, 0.6) is 0 Å². The summed E-state index contributed by atoms with van der Waals surface area (Å²) >= 11 is 3.45. The van der Waals surface area contributed by atoms with Crippen LogP contribution in [0.4, 0.5) is 0 Å². The Labute approximate surface area is 152 Å². The van der Waals surface area contributed by atoms with Gasteiger partial charge in [-0.1, -0.05) is 52.3 Å². The highest BCUT2D eigenvalue weighted by Crippen LogP contribution is 2.18. The van der Waals surface area contributed by atoms with Gasteiger partial charge in [0.2, 0.25) is 0 Å². The molecular weight excluding hydrogens is 386 g/mol. The number of aromatic nitrogens is 2. The monoisotopic (exact) mass is 401 g/mol. The number of likely N-dealkylation sites (N-methyl/N-ethyl adjacent to an activating group) is 1. The highest BCUT2D eigenvalue weighted by molar-refractivity contribution is 9.10. The quantitative estimate of drug-likeness (QED) is 0.666. The molecule has 0 aliphatic rings. The van der Waals surface area contributed by atoms with Crippen molar-refractivity contribution in [1.82, 2.24) is 15.1 Å². The van der Waals surface area contributed by atoms with Gasteiger partial charge in [-0.3, -0.25) is 9.89 Å². The number of para-hydroxylation sites is 1. The van der Waals surface area contributed by atoms with Gasteiger partial charge in [0.25, 0.3) is 5.91 Å². The van der Waals surface area contributed by atoms with Crippen molar-refractivity contribution in [2.24, 2.45) is 0 Å². The Bertz CT molecular complexity index is 923. The highest BCUT2D eigenvalue weighted by atomic mass is 79.9. The topological polar surface area (TPSA) is 75.3 Å². The predicted octanol–water partition coefficient (Wildman–Crippen LogP) is 3.14. The Hall–Kier alpha value is -2.67. The molecule has 3 rings (SSSR count). The number of carbonyl (C=O) groups excluding carboxylic acids is 2. The van der Waals surface area contributed by atoms with Crippen molar-refractivity contribution in [2.45, 2.75) is 6.54 Å². The summed E-state index contributed by atoms with van der Waals surface area (Å²) in [5, 5.41) is 7.40. The fourth-order valence-electron chi connectivity index (χ4n) is 2.40. The van der Waals surface area contributed by atoms with Crippen LogP contribution in [-0.2, 0) is 16.1 Å². The number of benzene rings is 2. The lowest BCUT2D eigenvalue weighted by Crippen LogP contribution is -2.31. The Morgan fingerprint density at radius 2 is 1.88 bits per heavy atom. The minimum atomic E-state index is -0.625. The van der Waals surface area contributed by atoms with E-state index < -0.39 is 5.97 Å². The van der Waals surface area contributed by atoms with Crippen molar-refractivity contribution < 1.29 is 14.3 Å². The molecule has 0 bridgehead atoms. The van der Waals surface area contributed by atoms with Gasteiger partial charge in [0.05, 0.1) is 5.52 Å². The third-order valence-corrected chi connectivity index (χ3v) is 4.56. The van der Waals surface area contributed by atoms with E-state index in [4.69, 9.17) is 4.74 Å². The van der Waals surface area contributed by atoms with Gasteiger partial charge in [-0.2, -0.15) is 5.10 Å². The number of nitrogens with one attached hydrogen (secondary N) is 1. The van der Waals surface area contributed by atoms with Gasteiger partial charge in [0.1, 0.15) is 0 Å². The number of aromatic amines is 1. The number of hydrogen-bond acceptors (Lipinski definition) is 4. The number of esters is 1. The first-order chi connectivity index (χ1) is 12.1. The molecule has 0 fully saturated rings.